The van der Waals surface area contributed by atoms with Crippen LogP contribution in [0.15, 0.2) is 73.3 Å². The van der Waals surface area contributed by atoms with Crippen LogP contribution in [0.25, 0.3) is 0 Å². The molecule has 0 unspecified atom stereocenters. The highest BCUT2D eigenvalue weighted by Crippen LogP contribution is 2.11. The van der Waals surface area contributed by atoms with Crippen molar-refractivity contribution in [1.29, 1.82) is 0 Å². The number of esters is 4. The van der Waals surface area contributed by atoms with Crippen LogP contribution in [-0.2, 0) is 28.5 Å². The van der Waals surface area contributed by atoms with Gasteiger partial charge in [-0.2, -0.15) is 0 Å². The summed E-state index contributed by atoms with van der Waals surface area (Å²) >= 11 is 0. The highest BCUT2D eigenvalue weighted by atomic mass is 16.5. The fourth-order valence-electron chi connectivity index (χ4n) is 3.35. The lowest BCUT2D eigenvalue weighted by atomic mass is 10.1. The predicted octanol–water partition coefficient (Wildman–Crippen LogP) is 2.79. The zero-order valence-electron chi connectivity index (χ0n) is 32.2. The van der Waals surface area contributed by atoms with Gasteiger partial charge < -0.3 is 39.0 Å². The molecule has 2 rings (SSSR count). The van der Waals surface area contributed by atoms with E-state index in [1.54, 1.807) is 31.2 Å². The summed E-state index contributed by atoms with van der Waals surface area (Å²) in [6.45, 7) is 15.6. The third-order valence-corrected chi connectivity index (χ3v) is 6.41. The minimum Gasteiger partial charge on any atom is -0.478 e. The number of hydrogen-bond acceptors (Lipinski definition) is 10. The van der Waals surface area contributed by atoms with Crippen LogP contribution in [0, 0.1) is 0 Å². The van der Waals surface area contributed by atoms with E-state index in [9.17, 15) is 28.8 Å². The van der Waals surface area contributed by atoms with Crippen LogP contribution in [0.4, 0.5) is 0 Å². The van der Waals surface area contributed by atoms with Crippen molar-refractivity contribution in [1.82, 2.24) is 0 Å². The largest absolute Gasteiger partial charge is 0.478 e. The van der Waals surface area contributed by atoms with Crippen LogP contribution in [0.2, 0.25) is 0 Å². The molecule has 4 N–H and O–H groups in total. The summed E-state index contributed by atoms with van der Waals surface area (Å²) in [6.07, 6.45) is 4.58. The van der Waals surface area contributed by atoms with E-state index in [2.05, 4.69) is 13.2 Å². The normalized spacial score (nSPS) is 9.75. The van der Waals surface area contributed by atoms with Gasteiger partial charge in [-0.05, 0) is 44.0 Å². The first-order chi connectivity index (χ1) is 25.0. The number of carboxylic acid groups (broad SMARTS) is 2. The summed E-state index contributed by atoms with van der Waals surface area (Å²) in [5, 5.41) is 17.8. The number of nitrogens with one attached hydrogen (secondary N) is 2. The van der Waals surface area contributed by atoms with Gasteiger partial charge in [-0.3, -0.25) is 0 Å². The molecule has 0 aliphatic carbocycles. The van der Waals surface area contributed by atoms with E-state index in [0.717, 1.165) is 38.8 Å². The van der Waals surface area contributed by atoms with Gasteiger partial charge >= 0.3 is 35.8 Å². The smallest absolute Gasteiger partial charge is 0.339 e. The van der Waals surface area contributed by atoms with Crippen LogP contribution in [-0.4, -0.2) is 114 Å². The lowest BCUT2D eigenvalue weighted by Crippen LogP contribution is -3.06. The fourth-order valence-corrected chi connectivity index (χ4v) is 3.35. The highest BCUT2D eigenvalue weighted by molar-refractivity contribution is 6.03. The minimum atomic E-state index is -1.12. The Kier molecular flexibility index (Phi) is 28.5. The molecular weight excluding hydrogens is 688 g/mol. The third kappa shape index (κ3) is 25.3. The second-order valence-corrected chi connectivity index (χ2v) is 11.9. The molecule has 0 aliphatic rings. The topological polar surface area (TPSA) is 189 Å². The quantitative estimate of drug-likeness (QED) is 0.0757. The Hall–Kier alpha value is -5.34. The van der Waals surface area contributed by atoms with Gasteiger partial charge in [-0.25, -0.2) is 28.8 Å². The number of hydrogen-bond donors (Lipinski definition) is 4. The molecule has 0 atom stereocenters. The highest BCUT2D eigenvalue weighted by Gasteiger charge is 2.17. The first-order valence-corrected chi connectivity index (χ1v) is 17.2. The Morgan fingerprint density at radius 1 is 0.623 bits per heavy atom. The first kappa shape index (κ1) is 49.8. The number of carbonyl (C=O) groups excluding carboxylic acids is 4. The molecule has 14 nitrogen and oxygen atoms in total. The average Bonchev–Trinajstić information content (AvgIpc) is 3.12. The van der Waals surface area contributed by atoms with E-state index in [4.69, 9.17) is 29.2 Å². The molecule has 0 saturated heterocycles. The second-order valence-electron chi connectivity index (χ2n) is 11.9. The Balaban J connectivity index is 0. The second kappa shape index (κ2) is 30.3. The number of carbonyl (C=O) groups is 6. The standard InChI is InChI=1S/2C12H14O4.C8H15NO2.C7H13NO2/c2*1-2-3-8-16-12(15)10-7-5-4-6-9(10)11(13)14;1-7(2)8(10)11-6-5-9(3)4;1-4-7(9)10-6-5-8(2)3/h2*4-7H,2-3,8H2,1H3,(H,13,14);1,5-6H2,2-4H3;4H,1,5-6H2,2-3H3/p+2. The van der Waals surface area contributed by atoms with Crippen molar-refractivity contribution >= 4 is 35.8 Å². The average molecular weight is 747 g/mol. The summed E-state index contributed by atoms with van der Waals surface area (Å²) in [6, 6.07) is 12.1. The number of carboxylic acids is 2. The molecule has 0 amide bonds. The summed E-state index contributed by atoms with van der Waals surface area (Å²) in [4.78, 5) is 68.6. The van der Waals surface area contributed by atoms with Crippen LogP contribution >= 0.6 is 0 Å². The van der Waals surface area contributed by atoms with Crippen molar-refractivity contribution in [3.63, 3.8) is 0 Å². The molecule has 53 heavy (non-hydrogen) atoms. The van der Waals surface area contributed by atoms with Gasteiger partial charge in [0.2, 0.25) is 0 Å². The molecular formula is C39H58N2O12+2. The maximum atomic E-state index is 11.6. The summed E-state index contributed by atoms with van der Waals surface area (Å²) in [5.41, 5.74) is 0.615. The van der Waals surface area contributed by atoms with Crippen molar-refractivity contribution < 1.29 is 67.7 Å². The van der Waals surface area contributed by atoms with Crippen molar-refractivity contribution in [3.8, 4) is 0 Å². The van der Waals surface area contributed by atoms with Crippen molar-refractivity contribution in [2.24, 2.45) is 0 Å². The lowest BCUT2D eigenvalue weighted by Gasteiger charge is -2.07. The van der Waals surface area contributed by atoms with Crippen LogP contribution < -0.4 is 9.80 Å². The number of unbranched alkanes of at least 4 members (excludes halogenated alkanes) is 2. The van der Waals surface area contributed by atoms with Gasteiger partial charge in [0.15, 0.2) is 0 Å². The summed E-state index contributed by atoms with van der Waals surface area (Å²) in [5.74, 6) is -4.04. The van der Waals surface area contributed by atoms with Crippen molar-refractivity contribution in [2.45, 2.75) is 46.5 Å². The number of likely N-dealkylation sites (N-methyl/N-ethyl adjacent to an activating group) is 2. The van der Waals surface area contributed by atoms with Gasteiger partial charge in [0.25, 0.3) is 0 Å². The Morgan fingerprint density at radius 2 is 0.981 bits per heavy atom. The van der Waals surface area contributed by atoms with E-state index in [-0.39, 0.29) is 34.2 Å². The SMILES string of the molecule is C=C(C)C(=O)OCC[NH+](C)C.C=CC(=O)OCC[NH+](C)C.CCCCOC(=O)c1ccccc1C(=O)O.CCCCOC(=O)c1ccccc1C(=O)O. The Labute approximate surface area is 313 Å². The van der Waals surface area contributed by atoms with E-state index in [1.807, 2.05) is 42.0 Å². The molecule has 0 bridgehead atoms. The van der Waals surface area contributed by atoms with Gasteiger partial charge in [0, 0.05) is 11.6 Å². The molecule has 0 aromatic heterocycles. The summed E-state index contributed by atoms with van der Waals surface area (Å²) < 4.78 is 19.5. The molecule has 0 aliphatic heterocycles. The molecule has 2 aromatic carbocycles. The molecule has 0 spiro atoms. The minimum absolute atomic E-state index is 0.0241. The number of ether oxygens (including phenoxy) is 4. The van der Waals surface area contributed by atoms with E-state index >= 15 is 0 Å². The van der Waals surface area contributed by atoms with Gasteiger partial charge in [-0.15, -0.1) is 0 Å². The molecule has 0 heterocycles. The maximum absolute atomic E-state index is 11.6. The molecule has 0 fully saturated rings. The van der Waals surface area contributed by atoms with E-state index in [1.165, 1.54) is 40.1 Å². The van der Waals surface area contributed by atoms with Crippen molar-refractivity contribution in [2.75, 3.05) is 67.7 Å². The Bertz CT molecular complexity index is 1380. The maximum Gasteiger partial charge on any atom is 0.339 e. The van der Waals surface area contributed by atoms with Crippen LogP contribution in [0.1, 0.15) is 87.9 Å². The van der Waals surface area contributed by atoms with E-state index in [0.29, 0.717) is 32.0 Å². The number of benzene rings is 2. The molecule has 14 heteroatoms. The molecule has 2 aromatic rings. The number of quaternary nitrogens is 2. The third-order valence-electron chi connectivity index (χ3n) is 6.41. The molecule has 294 valence electrons. The molecule has 0 radical (unpaired) electrons. The van der Waals surface area contributed by atoms with Crippen LogP contribution in [0.5, 0.6) is 0 Å². The fraction of sp³-hybridized carbons (Fsp3) is 0.436. The van der Waals surface area contributed by atoms with E-state index < -0.39 is 23.9 Å². The number of rotatable bonds is 18. The zero-order valence-corrected chi connectivity index (χ0v) is 32.2. The van der Waals surface area contributed by atoms with Gasteiger partial charge in [0.05, 0.1) is 63.7 Å². The van der Waals surface area contributed by atoms with Crippen LogP contribution in [0.3, 0.4) is 0 Å². The molecule has 0 saturated carbocycles. The van der Waals surface area contributed by atoms with Gasteiger partial charge in [-0.1, -0.05) is 64.1 Å². The first-order valence-electron chi connectivity index (χ1n) is 17.2. The summed E-state index contributed by atoms with van der Waals surface area (Å²) in [7, 11) is 8.02. The van der Waals surface area contributed by atoms with Gasteiger partial charge in [0.1, 0.15) is 26.3 Å². The monoisotopic (exact) mass is 746 g/mol. The lowest BCUT2D eigenvalue weighted by molar-refractivity contribution is -0.858. The Morgan fingerprint density at radius 3 is 1.28 bits per heavy atom. The predicted molar refractivity (Wildman–Crippen MR) is 199 cm³/mol. The zero-order chi connectivity index (χ0) is 40.8. The number of aromatic carboxylic acids is 2. The van der Waals surface area contributed by atoms with Crippen molar-refractivity contribution in [3.05, 3.63) is 95.6 Å².